The van der Waals surface area contributed by atoms with Crippen LogP contribution in [-0.2, 0) is 74.8 Å². The molecule has 6 N–H and O–H groups in total. The van der Waals surface area contributed by atoms with Crippen LogP contribution in [0.25, 0.3) is 11.2 Å². The Morgan fingerprint density at radius 3 is 1.51 bits per heavy atom. The van der Waals surface area contributed by atoms with E-state index in [1.165, 1.54) is 18.3 Å². The Labute approximate surface area is 471 Å². The minimum Gasteiger partial charge on any atom is -0.480 e. The van der Waals surface area contributed by atoms with Gasteiger partial charge in [0.25, 0.3) is 11.5 Å². The van der Waals surface area contributed by atoms with Crippen LogP contribution >= 0.6 is 0 Å². The Morgan fingerprint density at radius 1 is 0.580 bits per heavy atom. The van der Waals surface area contributed by atoms with Crippen molar-refractivity contribution in [2.45, 2.75) is 71.5 Å². The maximum atomic E-state index is 12.8. The van der Waals surface area contributed by atoms with Gasteiger partial charge in [0.2, 0.25) is 5.95 Å². The van der Waals surface area contributed by atoms with Crippen molar-refractivity contribution in [3.05, 3.63) is 81.7 Å². The lowest BCUT2D eigenvalue weighted by Crippen LogP contribution is -2.41. The van der Waals surface area contributed by atoms with E-state index in [1.807, 2.05) is 19.9 Å². The number of fused-ring (bicyclic) bond motifs is 1. The van der Waals surface area contributed by atoms with Gasteiger partial charge in [-0.15, -0.1) is 0 Å². The lowest BCUT2D eigenvalue weighted by molar-refractivity contribution is -0.139. The Balaban J connectivity index is 0.810. The summed E-state index contributed by atoms with van der Waals surface area (Å²) in [4.78, 5) is 85.0. The van der Waals surface area contributed by atoms with Gasteiger partial charge in [-0.25, -0.2) is 14.8 Å². The van der Waals surface area contributed by atoms with Gasteiger partial charge >= 0.3 is 5.97 Å². The number of nitrogens with one attached hydrogen (secondary N) is 3. The number of Topliss-reactive ketones (excluding diaryl/α,β-unsaturated/α-hetero) is 2. The number of nitrogens with zero attached hydrogens (tertiary/aromatic N) is 5. The number of nitrogens with two attached hydrogens (primary N) is 1. The van der Waals surface area contributed by atoms with E-state index >= 15 is 0 Å². The SMILES string of the molecule is CC(C)=NCc1ccc(C(=O)CCCOCCOCCOCCOCCOCCOCCOCCOCCOCCOCCOCCCC(=O)CC[C@H](NC(=O)c2ccc(NCc3cnc4nc(N)[nH]c(=O)c4n3)cc2)C(=O)O)cn1. The number of amides is 1. The van der Waals surface area contributed by atoms with Crippen molar-refractivity contribution in [2.75, 3.05) is 156 Å². The van der Waals surface area contributed by atoms with E-state index < -0.39 is 23.5 Å². The molecule has 448 valence electrons. The first-order valence-corrected chi connectivity index (χ1v) is 27.2. The molecule has 4 rings (SSSR count). The maximum Gasteiger partial charge on any atom is 0.326 e. The number of hydrogen-bond donors (Lipinski definition) is 5. The third-order valence-electron chi connectivity index (χ3n) is 11.3. The summed E-state index contributed by atoms with van der Waals surface area (Å²) >= 11 is 0. The first kappa shape index (κ1) is 67.2. The number of H-pyrrole nitrogens is 1. The van der Waals surface area contributed by atoms with Crippen LogP contribution < -0.4 is 21.9 Å². The number of aliphatic imine (C=N–C) groups is 1. The van der Waals surface area contributed by atoms with Crippen molar-refractivity contribution in [3.63, 3.8) is 0 Å². The second-order valence-electron chi connectivity index (χ2n) is 18.0. The molecule has 3 heterocycles. The fourth-order valence-electron chi connectivity index (χ4n) is 6.99. The smallest absolute Gasteiger partial charge is 0.326 e. The molecule has 1 amide bonds. The molecule has 26 nitrogen and oxygen atoms in total. The molecule has 0 unspecified atom stereocenters. The Morgan fingerprint density at radius 2 is 1.05 bits per heavy atom. The first-order valence-electron chi connectivity index (χ1n) is 27.2. The Hall–Kier alpha value is -6.30. The number of benzene rings is 1. The molecule has 3 aromatic heterocycles. The highest BCUT2D eigenvalue weighted by molar-refractivity contribution is 5.97. The predicted molar refractivity (Wildman–Crippen MR) is 298 cm³/mol. The van der Waals surface area contributed by atoms with Gasteiger partial charge in [-0.2, -0.15) is 4.98 Å². The van der Waals surface area contributed by atoms with Crippen molar-refractivity contribution in [1.29, 1.82) is 0 Å². The highest BCUT2D eigenvalue weighted by Crippen LogP contribution is 2.13. The van der Waals surface area contributed by atoms with Crippen molar-refractivity contribution in [2.24, 2.45) is 4.99 Å². The van der Waals surface area contributed by atoms with Crippen LogP contribution in [-0.4, -0.2) is 211 Å². The Bertz CT molecular complexity index is 2480. The number of anilines is 2. The van der Waals surface area contributed by atoms with Gasteiger partial charge in [-0.3, -0.25) is 34.1 Å². The van der Waals surface area contributed by atoms with E-state index in [-0.39, 0.29) is 60.0 Å². The number of pyridine rings is 1. The van der Waals surface area contributed by atoms with Gasteiger partial charge < -0.3 is 73.6 Å². The normalized spacial score (nSPS) is 11.7. The van der Waals surface area contributed by atoms with Gasteiger partial charge in [-0.1, -0.05) is 0 Å². The van der Waals surface area contributed by atoms with Gasteiger partial charge in [0.1, 0.15) is 11.8 Å². The van der Waals surface area contributed by atoms with E-state index in [2.05, 4.69) is 40.5 Å². The number of carbonyl (C=O) groups is 4. The topological polar surface area (TPSA) is 337 Å². The number of carboxylic acids is 1. The van der Waals surface area contributed by atoms with E-state index in [1.54, 1.807) is 24.4 Å². The van der Waals surface area contributed by atoms with Crippen LogP contribution in [0.15, 0.2) is 58.6 Å². The second kappa shape index (κ2) is 42.5. The number of hydrogen-bond acceptors (Lipinski definition) is 23. The lowest BCUT2D eigenvalue weighted by atomic mass is 10.1. The van der Waals surface area contributed by atoms with E-state index in [0.717, 1.165) is 11.4 Å². The molecule has 0 aliphatic rings. The van der Waals surface area contributed by atoms with Crippen molar-refractivity contribution in [3.8, 4) is 0 Å². The van der Waals surface area contributed by atoms with Gasteiger partial charge in [0.15, 0.2) is 16.9 Å². The number of nitrogen functional groups attached to an aromatic ring is 1. The second-order valence-corrected chi connectivity index (χ2v) is 18.0. The molecular formula is C55H81N9O17. The molecule has 0 aliphatic carbocycles. The standard InChI is InChI=1S/C55H81N9O17/c1-41(2)57-38-45-12-9-43(37-58-45)49(66)6-4-16-72-18-20-74-22-24-76-26-28-78-30-32-80-34-36-81-35-33-79-31-29-77-27-25-75-23-21-73-19-17-71-15-3-5-47(65)13-14-48(54(69)70)62-52(67)42-7-10-44(11-8-42)59-39-46-40-60-51-50(61-46)53(68)64-55(56)63-51/h7-12,37,40,48,59H,3-6,13-36,38-39H2,1-2H3,(H,62,67)(H,69,70)(H3,56,60,63,64,68)/t48-/m0/s1. The highest BCUT2D eigenvalue weighted by Gasteiger charge is 2.22. The van der Waals surface area contributed by atoms with Crippen LogP contribution in [0.5, 0.6) is 0 Å². The molecule has 26 heteroatoms. The number of carboxylic acid groups (broad SMARTS) is 1. The molecule has 0 radical (unpaired) electrons. The van der Waals surface area contributed by atoms with Gasteiger partial charge in [0, 0.05) is 61.2 Å². The minimum atomic E-state index is -1.25. The van der Waals surface area contributed by atoms with Crippen LogP contribution in [0.4, 0.5) is 11.6 Å². The number of ether oxygens (including phenoxy) is 11. The fraction of sp³-hybridized carbons (Fsp3) is 0.600. The molecule has 81 heavy (non-hydrogen) atoms. The van der Waals surface area contributed by atoms with Crippen molar-refractivity contribution < 1.29 is 76.4 Å². The quantitative estimate of drug-likeness (QED) is 0.0240. The van der Waals surface area contributed by atoms with Crippen LogP contribution in [0.3, 0.4) is 0 Å². The molecule has 0 saturated heterocycles. The molecule has 0 bridgehead atoms. The molecule has 0 spiro atoms. The molecule has 0 aliphatic heterocycles. The molecule has 1 atom stereocenters. The monoisotopic (exact) mass is 1140 g/mol. The summed E-state index contributed by atoms with van der Waals surface area (Å²) in [6.45, 7) is 14.1. The zero-order valence-electron chi connectivity index (χ0n) is 46.7. The molecular weight excluding hydrogens is 1060 g/mol. The summed E-state index contributed by atoms with van der Waals surface area (Å²) in [6, 6.07) is 8.74. The average Bonchev–Trinajstić information content (AvgIpc) is 3.52. The number of aliphatic carboxylic acids is 1. The van der Waals surface area contributed by atoms with Gasteiger partial charge in [0.05, 0.1) is 163 Å². The summed E-state index contributed by atoms with van der Waals surface area (Å²) < 4.78 is 60.7. The third kappa shape index (κ3) is 31.5. The fourth-order valence-corrected chi connectivity index (χ4v) is 6.99. The van der Waals surface area contributed by atoms with Crippen LogP contribution in [0.2, 0.25) is 0 Å². The van der Waals surface area contributed by atoms with Crippen LogP contribution in [0, 0.1) is 0 Å². The summed E-state index contributed by atoms with van der Waals surface area (Å²) in [5.74, 6) is -1.98. The number of aromatic nitrogens is 5. The first-order chi connectivity index (χ1) is 39.5. The highest BCUT2D eigenvalue weighted by atomic mass is 16.6. The summed E-state index contributed by atoms with van der Waals surface area (Å²) in [5.41, 5.74) is 9.00. The van der Waals surface area contributed by atoms with Crippen molar-refractivity contribution in [1.82, 2.24) is 30.2 Å². The summed E-state index contributed by atoms with van der Waals surface area (Å²) in [6.07, 6.45) is 4.73. The molecule has 0 fully saturated rings. The zero-order chi connectivity index (χ0) is 58.0. The van der Waals surface area contributed by atoms with Gasteiger partial charge in [-0.05, 0) is 69.5 Å². The van der Waals surface area contributed by atoms with E-state index in [9.17, 15) is 29.1 Å². The zero-order valence-corrected chi connectivity index (χ0v) is 46.7. The van der Waals surface area contributed by atoms with E-state index in [4.69, 9.17) is 57.8 Å². The summed E-state index contributed by atoms with van der Waals surface area (Å²) in [5, 5.41) is 15.3. The number of carbonyl (C=O) groups excluding carboxylic acids is 3. The number of aromatic amines is 1. The van der Waals surface area contributed by atoms with Crippen LogP contribution in [0.1, 0.15) is 84.5 Å². The Kier molecular flexibility index (Phi) is 35.3. The predicted octanol–water partition coefficient (Wildman–Crippen LogP) is 3.44. The molecule has 4 aromatic rings. The minimum absolute atomic E-state index is 0.0138. The largest absolute Gasteiger partial charge is 0.480 e. The lowest BCUT2D eigenvalue weighted by Gasteiger charge is -2.14. The number of ketones is 2. The molecule has 1 aromatic carbocycles. The third-order valence-corrected chi connectivity index (χ3v) is 11.3. The molecule has 0 saturated carbocycles. The summed E-state index contributed by atoms with van der Waals surface area (Å²) in [7, 11) is 0. The van der Waals surface area contributed by atoms with Crippen molar-refractivity contribution >= 4 is 52.0 Å². The van der Waals surface area contributed by atoms with E-state index in [0.29, 0.717) is 188 Å². The number of rotatable bonds is 50. The average molecular weight is 1140 g/mol. The maximum absolute atomic E-state index is 12.8.